The predicted molar refractivity (Wildman–Crippen MR) is 110 cm³/mol. The van der Waals surface area contributed by atoms with E-state index in [2.05, 4.69) is 10.6 Å². The topological polar surface area (TPSA) is 53.6 Å². The van der Waals surface area contributed by atoms with Crippen molar-refractivity contribution in [1.82, 2.24) is 10.2 Å². The van der Waals surface area contributed by atoms with E-state index in [4.69, 9.17) is 16.3 Å². The van der Waals surface area contributed by atoms with E-state index in [1.807, 2.05) is 0 Å². The van der Waals surface area contributed by atoms with Gasteiger partial charge < -0.3 is 15.4 Å². The van der Waals surface area contributed by atoms with Crippen molar-refractivity contribution in [1.29, 1.82) is 0 Å². The lowest BCUT2D eigenvalue weighted by atomic mass is 9.85. The van der Waals surface area contributed by atoms with Crippen LogP contribution in [-0.4, -0.2) is 50.4 Å². The molecule has 2 N–H and O–H groups in total. The number of urea groups is 1. The maximum atomic E-state index is 14.7. The minimum absolute atomic E-state index is 0.0650. The molecule has 0 bridgehead atoms. The van der Waals surface area contributed by atoms with E-state index in [0.29, 0.717) is 23.7 Å². The van der Waals surface area contributed by atoms with E-state index >= 15 is 0 Å². The largest absolute Gasteiger partial charge is 0.497 e. The highest BCUT2D eigenvalue weighted by molar-refractivity contribution is 6.30. The van der Waals surface area contributed by atoms with Gasteiger partial charge in [-0.05, 0) is 30.7 Å². The zero-order valence-corrected chi connectivity index (χ0v) is 17.2. The van der Waals surface area contributed by atoms with E-state index in [-0.39, 0.29) is 24.4 Å². The van der Waals surface area contributed by atoms with Gasteiger partial charge >= 0.3 is 6.03 Å². The van der Waals surface area contributed by atoms with Crippen LogP contribution in [0, 0.1) is 11.6 Å². The van der Waals surface area contributed by atoms with Crippen molar-refractivity contribution in [2.75, 3.05) is 38.7 Å². The molecule has 0 aromatic heterocycles. The molecule has 2 atom stereocenters. The Hall–Kier alpha value is -2.45. The number of anilines is 1. The highest BCUT2D eigenvalue weighted by atomic mass is 35.5. The molecule has 162 valence electrons. The molecule has 1 fully saturated rings. The Labute approximate surface area is 178 Å². The summed E-state index contributed by atoms with van der Waals surface area (Å²) in [5, 5.41) is 6.02. The second-order valence-electron chi connectivity index (χ2n) is 7.10. The number of likely N-dealkylation sites (tertiary alicyclic amines) is 1. The van der Waals surface area contributed by atoms with E-state index in [1.54, 1.807) is 29.2 Å². The predicted octanol–water partition coefficient (Wildman–Crippen LogP) is 4.58. The molecule has 1 aliphatic rings. The second kappa shape index (κ2) is 10.0. The summed E-state index contributed by atoms with van der Waals surface area (Å²) < 4.78 is 47.2. The quantitative estimate of drug-likeness (QED) is 0.690. The standard InChI is InChI=1S/C21H23ClF3N3O2/c1-30-15-10-17(24)20(18(25)11-15)16-12-28(9-7-23)8-6-19(16)27-21(29)26-14-4-2-13(22)3-5-14/h2-5,10-11,16,19H,6-9,12H2,1H3,(H2,26,27,29). The molecule has 1 heterocycles. The van der Waals surface area contributed by atoms with Crippen LogP contribution in [0.15, 0.2) is 36.4 Å². The lowest BCUT2D eigenvalue weighted by Gasteiger charge is -2.39. The molecule has 2 aromatic rings. The number of nitrogens with zero attached hydrogens (tertiary/aromatic N) is 1. The fourth-order valence-corrected chi connectivity index (χ4v) is 3.84. The number of methoxy groups -OCH3 is 1. The van der Waals surface area contributed by atoms with Crippen molar-refractivity contribution < 1.29 is 22.7 Å². The van der Waals surface area contributed by atoms with E-state index in [0.717, 1.165) is 12.1 Å². The first-order chi connectivity index (χ1) is 14.4. The number of ether oxygens (including phenoxy) is 1. The molecule has 1 aliphatic heterocycles. The molecule has 5 nitrogen and oxygen atoms in total. The first kappa shape index (κ1) is 22.2. The first-order valence-electron chi connectivity index (χ1n) is 9.55. The van der Waals surface area contributed by atoms with Crippen LogP contribution in [-0.2, 0) is 0 Å². The molecule has 2 unspecified atom stereocenters. The Morgan fingerprint density at radius 3 is 2.50 bits per heavy atom. The minimum Gasteiger partial charge on any atom is -0.497 e. The molecule has 2 aromatic carbocycles. The summed E-state index contributed by atoms with van der Waals surface area (Å²) >= 11 is 5.84. The molecule has 0 saturated carbocycles. The van der Waals surface area contributed by atoms with Crippen LogP contribution in [0.2, 0.25) is 5.02 Å². The molecule has 3 rings (SSSR count). The number of carbonyl (C=O) groups excluding carboxylic acids is 1. The summed E-state index contributed by atoms with van der Waals surface area (Å²) in [5.41, 5.74) is 0.390. The van der Waals surface area contributed by atoms with Gasteiger partial charge in [-0.3, -0.25) is 4.90 Å². The molecular weight excluding hydrogens is 419 g/mol. The van der Waals surface area contributed by atoms with Gasteiger partial charge in [0, 0.05) is 60.0 Å². The van der Waals surface area contributed by atoms with Gasteiger partial charge in [-0.25, -0.2) is 18.0 Å². The number of piperidine rings is 1. The number of nitrogens with one attached hydrogen (secondary N) is 2. The van der Waals surface area contributed by atoms with Gasteiger partial charge in [-0.1, -0.05) is 11.6 Å². The summed E-state index contributed by atoms with van der Waals surface area (Å²) in [6.07, 6.45) is 0.420. The zero-order chi connectivity index (χ0) is 21.7. The van der Waals surface area contributed by atoms with Gasteiger partial charge in [-0.15, -0.1) is 0 Å². The number of carbonyl (C=O) groups is 1. The Balaban J connectivity index is 1.81. The fraction of sp³-hybridized carbons (Fsp3) is 0.381. The number of hydrogen-bond donors (Lipinski definition) is 2. The molecule has 9 heteroatoms. The van der Waals surface area contributed by atoms with Crippen molar-refractivity contribution in [3.8, 4) is 5.75 Å². The van der Waals surface area contributed by atoms with Gasteiger partial charge in [0.25, 0.3) is 0 Å². The van der Waals surface area contributed by atoms with Crippen LogP contribution in [0.5, 0.6) is 5.75 Å². The number of hydrogen-bond acceptors (Lipinski definition) is 3. The third kappa shape index (κ3) is 5.37. The Bertz CT molecular complexity index is 859. The minimum atomic E-state index is -0.760. The number of halogens is 4. The molecule has 0 aliphatic carbocycles. The lowest BCUT2D eigenvalue weighted by Crippen LogP contribution is -2.51. The van der Waals surface area contributed by atoms with Crippen LogP contribution < -0.4 is 15.4 Å². The molecule has 2 amide bonds. The lowest BCUT2D eigenvalue weighted by molar-refractivity contribution is 0.161. The van der Waals surface area contributed by atoms with Crippen LogP contribution in [0.3, 0.4) is 0 Å². The molecule has 0 spiro atoms. The van der Waals surface area contributed by atoms with Gasteiger partial charge in [0.05, 0.1) is 7.11 Å². The maximum absolute atomic E-state index is 14.7. The highest BCUT2D eigenvalue weighted by Crippen LogP contribution is 2.33. The fourth-order valence-electron chi connectivity index (χ4n) is 3.71. The number of rotatable bonds is 6. The SMILES string of the molecule is COc1cc(F)c(C2CN(CCF)CCC2NC(=O)Nc2ccc(Cl)cc2)c(F)c1. The third-order valence-corrected chi connectivity index (χ3v) is 5.43. The van der Waals surface area contributed by atoms with E-state index in [9.17, 15) is 18.0 Å². The van der Waals surface area contributed by atoms with Crippen LogP contribution >= 0.6 is 11.6 Å². The Morgan fingerprint density at radius 1 is 1.23 bits per heavy atom. The molecule has 0 radical (unpaired) electrons. The summed E-state index contributed by atoms with van der Waals surface area (Å²) in [6.45, 7) is 0.330. The van der Waals surface area contributed by atoms with Crippen molar-refractivity contribution in [2.24, 2.45) is 0 Å². The van der Waals surface area contributed by atoms with Crippen molar-refractivity contribution in [3.05, 3.63) is 58.6 Å². The average molecular weight is 442 g/mol. The highest BCUT2D eigenvalue weighted by Gasteiger charge is 2.35. The van der Waals surface area contributed by atoms with Crippen molar-refractivity contribution in [3.63, 3.8) is 0 Å². The smallest absolute Gasteiger partial charge is 0.319 e. The maximum Gasteiger partial charge on any atom is 0.319 e. The summed E-state index contributed by atoms with van der Waals surface area (Å²) in [7, 11) is 1.32. The van der Waals surface area contributed by atoms with Crippen LogP contribution in [0.4, 0.5) is 23.7 Å². The van der Waals surface area contributed by atoms with E-state index < -0.39 is 36.3 Å². The average Bonchev–Trinajstić information content (AvgIpc) is 2.71. The van der Waals surface area contributed by atoms with Crippen molar-refractivity contribution in [2.45, 2.75) is 18.4 Å². The first-order valence-corrected chi connectivity index (χ1v) is 9.93. The molecule has 1 saturated heterocycles. The molecular formula is C21H23ClF3N3O2. The summed E-state index contributed by atoms with van der Waals surface area (Å²) in [4.78, 5) is 14.3. The third-order valence-electron chi connectivity index (χ3n) is 5.18. The van der Waals surface area contributed by atoms with Crippen LogP contribution in [0.25, 0.3) is 0 Å². The second-order valence-corrected chi connectivity index (χ2v) is 7.54. The normalized spacial score (nSPS) is 19.4. The van der Waals surface area contributed by atoms with Gasteiger partial charge in [0.2, 0.25) is 0 Å². The van der Waals surface area contributed by atoms with Gasteiger partial charge in [0.15, 0.2) is 0 Å². The summed E-state index contributed by atoms with van der Waals surface area (Å²) in [5.74, 6) is -2.14. The number of alkyl halides is 1. The van der Waals surface area contributed by atoms with E-state index in [1.165, 1.54) is 7.11 Å². The Morgan fingerprint density at radius 2 is 1.90 bits per heavy atom. The molecule has 30 heavy (non-hydrogen) atoms. The Kier molecular flexibility index (Phi) is 7.44. The van der Waals surface area contributed by atoms with Crippen LogP contribution in [0.1, 0.15) is 17.9 Å². The van der Waals surface area contributed by atoms with Gasteiger partial charge in [0.1, 0.15) is 24.1 Å². The number of benzene rings is 2. The zero-order valence-electron chi connectivity index (χ0n) is 16.4. The number of amides is 2. The van der Waals surface area contributed by atoms with Gasteiger partial charge in [-0.2, -0.15) is 0 Å². The summed E-state index contributed by atoms with van der Waals surface area (Å²) in [6, 6.07) is 7.74. The van der Waals surface area contributed by atoms with Crippen molar-refractivity contribution >= 4 is 23.3 Å². The monoisotopic (exact) mass is 441 g/mol.